The predicted molar refractivity (Wildman–Crippen MR) is 122 cm³/mol. The van der Waals surface area contributed by atoms with Gasteiger partial charge in [-0.1, -0.05) is 54.0 Å². The summed E-state index contributed by atoms with van der Waals surface area (Å²) in [6, 6.07) is 12.6. The Hall–Kier alpha value is -3.39. The molecule has 1 N–H and O–H groups in total. The first kappa shape index (κ1) is 22.8. The van der Waals surface area contributed by atoms with Crippen molar-refractivity contribution in [3.8, 4) is 34.0 Å². The topological polar surface area (TPSA) is 63.8 Å². The molecule has 0 fully saturated rings. The molecule has 170 valence electrons. The van der Waals surface area contributed by atoms with Crippen molar-refractivity contribution in [2.45, 2.75) is 26.4 Å². The van der Waals surface area contributed by atoms with Gasteiger partial charge in [-0.3, -0.25) is 0 Å². The molecular weight excluding hydrogens is 453 g/mol. The van der Waals surface area contributed by atoms with Crippen molar-refractivity contribution in [1.29, 1.82) is 0 Å². The molecule has 0 saturated carbocycles. The molecule has 5 nitrogen and oxygen atoms in total. The maximum Gasteiger partial charge on any atom is 0.417 e. The first-order valence-corrected chi connectivity index (χ1v) is 10.7. The lowest BCUT2D eigenvalue weighted by molar-refractivity contribution is -0.137. The van der Waals surface area contributed by atoms with E-state index in [-0.39, 0.29) is 22.8 Å². The van der Waals surface area contributed by atoms with Gasteiger partial charge in [0.2, 0.25) is 5.82 Å². The van der Waals surface area contributed by atoms with E-state index in [0.29, 0.717) is 22.0 Å². The molecule has 4 aromatic rings. The Kier molecular flexibility index (Phi) is 6.37. The van der Waals surface area contributed by atoms with Gasteiger partial charge in [0.05, 0.1) is 10.6 Å². The molecule has 4 rings (SSSR count). The van der Waals surface area contributed by atoms with Gasteiger partial charge in [0.1, 0.15) is 5.82 Å². The maximum atomic E-state index is 13.9. The predicted octanol–water partition coefficient (Wildman–Crippen LogP) is 7.27. The number of hydrogen-bond donors (Lipinski definition) is 1. The standard InChI is InChI=1S/C24H20ClF3N4O/c1-3-10-29-22-20(25)12-16(13-30-22)21-31-23(33-32-21)15-8-9-18(19(11-15)24(26,27)28)17-7-5-4-6-14(17)2/h4-9,11-13H,3,10H2,1-2H3,(H,29,30). The number of pyridine rings is 1. The van der Waals surface area contributed by atoms with Crippen molar-refractivity contribution >= 4 is 17.4 Å². The van der Waals surface area contributed by atoms with E-state index in [9.17, 15) is 13.2 Å². The van der Waals surface area contributed by atoms with Gasteiger partial charge in [-0.25, -0.2) is 4.98 Å². The minimum atomic E-state index is -4.56. The summed E-state index contributed by atoms with van der Waals surface area (Å²) in [5, 5.41) is 7.38. The summed E-state index contributed by atoms with van der Waals surface area (Å²) >= 11 is 6.26. The van der Waals surface area contributed by atoms with E-state index in [1.807, 2.05) is 6.92 Å². The molecule has 9 heteroatoms. The molecule has 2 aromatic heterocycles. The zero-order valence-corrected chi connectivity index (χ0v) is 18.6. The van der Waals surface area contributed by atoms with Crippen LogP contribution in [0.4, 0.5) is 19.0 Å². The van der Waals surface area contributed by atoms with Gasteiger partial charge in [0.15, 0.2) is 0 Å². The van der Waals surface area contributed by atoms with Crippen LogP contribution in [0.3, 0.4) is 0 Å². The zero-order valence-electron chi connectivity index (χ0n) is 17.9. The van der Waals surface area contributed by atoms with Crippen LogP contribution in [0, 0.1) is 6.92 Å². The normalized spacial score (nSPS) is 11.6. The summed E-state index contributed by atoms with van der Waals surface area (Å²) in [5.74, 6) is 0.682. The Bertz CT molecular complexity index is 1290. The molecule has 2 heterocycles. The van der Waals surface area contributed by atoms with E-state index in [1.165, 1.54) is 18.3 Å². The van der Waals surface area contributed by atoms with Gasteiger partial charge in [-0.05, 0) is 48.2 Å². The molecule has 0 amide bonds. The second-order valence-corrected chi connectivity index (χ2v) is 7.88. The van der Waals surface area contributed by atoms with Gasteiger partial charge in [-0.2, -0.15) is 18.2 Å². The summed E-state index contributed by atoms with van der Waals surface area (Å²) in [4.78, 5) is 8.52. The van der Waals surface area contributed by atoms with Gasteiger partial charge >= 0.3 is 6.18 Å². The van der Waals surface area contributed by atoms with Crippen molar-refractivity contribution < 1.29 is 17.7 Å². The van der Waals surface area contributed by atoms with Crippen molar-refractivity contribution in [2.24, 2.45) is 0 Å². The first-order chi connectivity index (χ1) is 15.8. The molecule has 33 heavy (non-hydrogen) atoms. The molecule has 0 bridgehead atoms. The first-order valence-electron chi connectivity index (χ1n) is 10.3. The van der Waals surface area contributed by atoms with E-state index in [4.69, 9.17) is 16.1 Å². The maximum absolute atomic E-state index is 13.9. The second-order valence-electron chi connectivity index (χ2n) is 7.48. The van der Waals surface area contributed by atoms with Crippen LogP contribution < -0.4 is 5.32 Å². The largest absolute Gasteiger partial charge is 0.417 e. The van der Waals surface area contributed by atoms with Crippen molar-refractivity contribution in [3.63, 3.8) is 0 Å². The summed E-state index contributed by atoms with van der Waals surface area (Å²) in [5.41, 5.74) is 1.24. The van der Waals surface area contributed by atoms with Crippen LogP contribution in [0.15, 0.2) is 59.3 Å². The Morgan fingerprint density at radius 3 is 2.52 bits per heavy atom. The molecular formula is C24H20ClF3N4O. The molecule has 0 aliphatic heterocycles. The van der Waals surface area contributed by atoms with Crippen LogP contribution in [0.2, 0.25) is 5.02 Å². The number of nitrogens with zero attached hydrogens (tertiary/aromatic N) is 3. The van der Waals surface area contributed by atoms with Crippen molar-refractivity contribution in [3.05, 3.63) is 70.9 Å². The average Bonchev–Trinajstić information content (AvgIpc) is 3.28. The van der Waals surface area contributed by atoms with E-state index < -0.39 is 11.7 Å². The van der Waals surface area contributed by atoms with Crippen LogP contribution >= 0.6 is 11.6 Å². The molecule has 0 aliphatic rings. The van der Waals surface area contributed by atoms with Gasteiger partial charge < -0.3 is 9.84 Å². The molecule has 0 atom stereocenters. The Labute approximate surface area is 193 Å². The molecule has 0 spiro atoms. The number of hydrogen-bond acceptors (Lipinski definition) is 5. The third kappa shape index (κ3) is 4.85. The lowest BCUT2D eigenvalue weighted by atomic mass is 9.94. The molecule has 0 unspecified atom stereocenters. The monoisotopic (exact) mass is 472 g/mol. The SMILES string of the molecule is CCCNc1ncc(-c2noc(-c3ccc(-c4ccccc4C)c(C(F)(F)F)c3)n2)cc1Cl. The number of alkyl halides is 3. The fraction of sp³-hybridized carbons (Fsp3) is 0.208. The van der Waals surface area contributed by atoms with E-state index >= 15 is 0 Å². The molecule has 0 saturated heterocycles. The quantitative estimate of drug-likeness (QED) is 0.319. The third-order valence-corrected chi connectivity index (χ3v) is 5.36. The van der Waals surface area contributed by atoms with E-state index in [0.717, 1.165) is 24.6 Å². The Morgan fingerprint density at radius 2 is 1.82 bits per heavy atom. The highest BCUT2D eigenvalue weighted by atomic mass is 35.5. The van der Waals surface area contributed by atoms with E-state index in [1.54, 1.807) is 37.3 Å². The highest BCUT2D eigenvalue weighted by molar-refractivity contribution is 6.33. The lowest BCUT2D eigenvalue weighted by Crippen LogP contribution is -2.08. The minimum Gasteiger partial charge on any atom is -0.369 e. The fourth-order valence-electron chi connectivity index (χ4n) is 3.41. The molecule has 2 aromatic carbocycles. The van der Waals surface area contributed by atoms with Crippen LogP contribution in [0.25, 0.3) is 34.0 Å². The smallest absolute Gasteiger partial charge is 0.369 e. The van der Waals surface area contributed by atoms with Crippen LogP contribution in [0.1, 0.15) is 24.5 Å². The van der Waals surface area contributed by atoms with Crippen molar-refractivity contribution in [1.82, 2.24) is 15.1 Å². The van der Waals surface area contributed by atoms with Gasteiger partial charge in [0, 0.05) is 23.9 Å². The number of anilines is 1. The highest BCUT2D eigenvalue weighted by Crippen LogP contribution is 2.40. The zero-order chi connectivity index (χ0) is 23.6. The lowest BCUT2D eigenvalue weighted by Gasteiger charge is -2.15. The third-order valence-electron chi connectivity index (χ3n) is 5.08. The molecule has 0 radical (unpaired) electrons. The van der Waals surface area contributed by atoms with Gasteiger partial charge in [-0.15, -0.1) is 0 Å². The van der Waals surface area contributed by atoms with Crippen molar-refractivity contribution in [2.75, 3.05) is 11.9 Å². The number of nitrogens with one attached hydrogen (secondary N) is 1. The second kappa shape index (κ2) is 9.23. The number of aryl methyl sites for hydroxylation is 1. The number of rotatable bonds is 6. The van der Waals surface area contributed by atoms with Gasteiger partial charge in [0.25, 0.3) is 5.89 Å². The average molecular weight is 473 g/mol. The summed E-state index contributed by atoms with van der Waals surface area (Å²) in [6.07, 6.45) is -2.12. The summed E-state index contributed by atoms with van der Waals surface area (Å²) < 4.78 is 47.0. The van der Waals surface area contributed by atoms with Crippen LogP contribution in [-0.4, -0.2) is 21.7 Å². The number of aromatic nitrogens is 3. The fourth-order valence-corrected chi connectivity index (χ4v) is 3.65. The number of halogens is 4. The van der Waals surface area contributed by atoms with E-state index in [2.05, 4.69) is 20.4 Å². The summed E-state index contributed by atoms with van der Waals surface area (Å²) in [6.45, 7) is 4.52. The highest BCUT2D eigenvalue weighted by Gasteiger charge is 2.34. The Morgan fingerprint density at radius 1 is 1.03 bits per heavy atom. The number of benzene rings is 2. The molecule has 0 aliphatic carbocycles. The Balaban J connectivity index is 1.70. The summed E-state index contributed by atoms with van der Waals surface area (Å²) in [7, 11) is 0. The van der Waals surface area contributed by atoms with Crippen LogP contribution in [-0.2, 0) is 6.18 Å². The van der Waals surface area contributed by atoms with Crippen LogP contribution in [0.5, 0.6) is 0 Å². The minimum absolute atomic E-state index is 0.0314.